The van der Waals surface area contributed by atoms with Gasteiger partial charge in [0, 0.05) is 17.1 Å². The lowest BCUT2D eigenvalue weighted by Gasteiger charge is -2.29. The zero-order chi connectivity index (χ0) is 14.0. The second-order valence-electron chi connectivity index (χ2n) is 5.27. The van der Waals surface area contributed by atoms with Gasteiger partial charge in [-0.05, 0) is 49.9 Å². The zero-order valence-electron chi connectivity index (χ0n) is 11.2. The number of halogens is 1. The van der Waals surface area contributed by atoms with Crippen molar-refractivity contribution in [1.82, 2.24) is 0 Å². The zero-order valence-corrected chi connectivity index (χ0v) is 13.6. The van der Waals surface area contributed by atoms with Crippen molar-refractivity contribution in [2.45, 2.75) is 44.0 Å². The van der Waals surface area contributed by atoms with Crippen molar-refractivity contribution in [3.05, 3.63) is 28.2 Å². The summed E-state index contributed by atoms with van der Waals surface area (Å²) in [7, 11) is -2.96. The fraction of sp³-hybridized carbons (Fsp3) is 0.571. The lowest BCUT2D eigenvalue weighted by Crippen LogP contribution is -2.33. The van der Waals surface area contributed by atoms with Crippen molar-refractivity contribution < 1.29 is 13.2 Å². The molecule has 2 rings (SSSR count). The van der Waals surface area contributed by atoms with Gasteiger partial charge in [-0.3, -0.25) is 0 Å². The van der Waals surface area contributed by atoms with E-state index in [-0.39, 0.29) is 11.4 Å². The van der Waals surface area contributed by atoms with E-state index in [0.29, 0.717) is 6.42 Å². The highest BCUT2D eigenvalue weighted by atomic mass is 79.9. The maximum atomic E-state index is 11.6. The van der Waals surface area contributed by atoms with Crippen LogP contribution in [-0.4, -0.2) is 26.0 Å². The number of aryl methyl sites for hydroxylation is 1. The average molecular weight is 347 g/mol. The molecule has 1 saturated carbocycles. The minimum Gasteiger partial charge on any atom is -0.490 e. The Morgan fingerprint density at radius 3 is 2.68 bits per heavy atom. The molecule has 0 spiro atoms. The van der Waals surface area contributed by atoms with E-state index in [0.717, 1.165) is 35.0 Å². The molecule has 2 unspecified atom stereocenters. The Morgan fingerprint density at radius 2 is 2.05 bits per heavy atom. The number of benzene rings is 1. The molecule has 106 valence electrons. The second-order valence-corrected chi connectivity index (χ2v) is 8.51. The summed E-state index contributed by atoms with van der Waals surface area (Å²) in [6.45, 7) is 2.00. The summed E-state index contributed by atoms with van der Waals surface area (Å²) in [6.07, 6.45) is 4.55. The summed E-state index contributed by atoms with van der Waals surface area (Å²) in [4.78, 5) is 0. The molecule has 3 nitrogen and oxygen atoms in total. The summed E-state index contributed by atoms with van der Waals surface area (Å²) in [5.74, 6) is 0.849. The van der Waals surface area contributed by atoms with Gasteiger partial charge < -0.3 is 4.74 Å². The predicted molar refractivity (Wildman–Crippen MR) is 80.4 cm³/mol. The first-order chi connectivity index (χ1) is 8.86. The van der Waals surface area contributed by atoms with Gasteiger partial charge in [-0.25, -0.2) is 8.42 Å². The normalized spacial score (nSPS) is 24.2. The molecule has 1 aromatic carbocycles. The molecular formula is C14H19BrO3S. The Hall–Kier alpha value is -0.550. The lowest BCUT2D eigenvalue weighted by atomic mass is 9.97. The largest absolute Gasteiger partial charge is 0.490 e. The van der Waals surface area contributed by atoms with Crippen molar-refractivity contribution >= 4 is 25.8 Å². The Bertz CT molecular complexity index is 554. The number of hydrogen-bond acceptors (Lipinski definition) is 3. The third-order valence-electron chi connectivity index (χ3n) is 3.61. The number of sulfone groups is 1. The molecule has 19 heavy (non-hydrogen) atoms. The minimum absolute atomic E-state index is 0.00773. The second kappa shape index (κ2) is 5.83. The van der Waals surface area contributed by atoms with Gasteiger partial charge in [-0.2, -0.15) is 0 Å². The van der Waals surface area contributed by atoms with Crippen LogP contribution in [0.1, 0.15) is 31.2 Å². The van der Waals surface area contributed by atoms with E-state index in [4.69, 9.17) is 4.74 Å². The van der Waals surface area contributed by atoms with Gasteiger partial charge in [-0.15, -0.1) is 0 Å². The van der Waals surface area contributed by atoms with Crippen LogP contribution in [-0.2, 0) is 9.84 Å². The monoisotopic (exact) mass is 346 g/mol. The first kappa shape index (κ1) is 14.9. The van der Waals surface area contributed by atoms with Crippen LogP contribution in [0.4, 0.5) is 0 Å². The Morgan fingerprint density at radius 1 is 1.32 bits per heavy atom. The summed E-state index contributed by atoms with van der Waals surface area (Å²) < 4.78 is 30.3. The van der Waals surface area contributed by atoms with Gasteiger partial charge >= 0.3 is 0 Å². The molecule has 1 aliphatic rings. The Kier molecular flexibility index (Phi) is 4.56. The maximum absolute atomic E-state index is 11.6. The lowest BCUT2D eigenvalue weighted by molar-refractivity contribution is 0.155. The molecule has 1 aromatic rings. The molecule has 1 aliphatic carbocycles. The molecule has 5 heteroatoms. The highest BCUT2D eigenvalue weighted by Crippen LogP contribution is 2.29. The van der Waals surface area contributed by atoms with Crippen molar-refractivity contribution in [2.75, 3.05) is 6.26 Å². The SMILES string of the molecule is Cc1cc(Br)ccc1OC1CCCC(S(C)(=O)=O)C1. The van der Waals surface area contributed by atoms with Gasteiger partial charge in [-0.1, -0.05) is 15.9 Å². The Labute approximate surface area is 123 Å². The van der Waals surface area contributed by atoms with Gasteiger partial charge in [0.2, 0.25) is 0 Å². The highest BCUT2D eigenvalue weighted by molar-refractivity contribution is 9.10. The minimum atomic E-state index is -2.96. The quantitative estimate of drug-likeness (QED) is 0.841. The van der Waals surface area contributed by atoms with E-state index in [1.54, 1.807) is 0 Å². The van der Waals surface area contributed by atoms with Crippen molar-refractivity contribution in [3.63, 3.8) is 0 Å². The van der Waals surface area contributed by atoms with Crippen LogP contribution >= 0.6 is 15.9 Å². The smallest absolute Gasteiger partial charge is 0.150 e. The highest BCUT2D eigenvalue weighted by Gasteiger charge is 2.30. The van der Waals surface area contributed by atoms with Gasteiger partial charge in [0.1, 0.15) is 15.6 Å². The van der Waals surface area contributed by atoms with E-state index in [9.17, 15) is 8.42 Å². The van der Waals surface area contributed by atoms with Crippen molar-refractivity contribution in [1.29, 1.82) is 0 Å². The molecule has 0 aliphatic heterocycles. The molecule has 0 N–H and O–H groups in total. The molecule has 0 heterocycles. The van der Waals surface area contributed by atoms with Gasteiger partial charge in [0.05, 0.1) is 11.4 Å². The number of hydrogen-bond donors (Lipinski definition) is 0. The molecule has 0 bridgehead atoms. The summed E-state index contributed by atoms with van der Waals surface area (Å²) in [5.41, 5.74) is 1.07. The van der Waals surface area contributed by atoms with Crippen LogP contribution < -0.4 is 4.74 Å². The number of ether oxygens (including phenoxy) is 1. The topological polar surface area (TPSA) is 43.4 Å². The van der Waals surface area contributed by atoms with Crippen molar-refractivity contribution in [2.24, 2.45) is 0 Å². The molecule has 0 radical (unpaired) electrons. The first-order valence-electron chi connectivity index (χ1n) is 6.48. The third kappa shape index (κ3) is 3.96. The molecule has 2 atom stereocenters. The van der Waals surface area contributed by atoms with Crippen LogP contribution in [0.2, 0.25) is 0 Å². The fourth-order valence-electron chi connectivity index (χ4n) is 2.52. The maximum Gasteiger partial charge on any atom is 0.150 e. The molecule has 0 aromatic heterocycles. The number of rotatable bonds is 3. The van der Waals surface area contributed by atoms with Crippen molar-refractivity contribution in [3.8, 4) is 5.75 Å². The molecular weight excluding hydrogens is 328 g/mol. The van der Waals surface area contributed by atoms with E-state index in [1.165, 1.54) is 6.26 Å². The van der Waals surface area contributed by atoms with E-state index in [1.807, 2.05) is 25.1 Å². The van der Waals surface area contributed by atoms with E-state index in [2.05, 4.69) is 15.9 Å². The van der Waals surface area contributed by atoms with Gasteiger partial charge in [0.15, 0.2) is 0 Å². The third-order valence-corrected chi connectivity index (χ3v) is 5.75. The summed E-state index contributed by atoms with van der Waals surface area (Å²) >= 11 is 3.42. The van der Waals surface area contributed by atoms with Gasteiger partial charge in [0.25, 0.3) is 0 Å². The molecule has 1 fully saturated rings. The first-order valence-corrected chi connectivity index (χ1v) is 9.22. The summed E-state index contributed by atoms with van der Waals surface area (Å²) in [5, 5.41) is -0.248. The van der Waals surface area contributed by atoms with E-state index < -0.39 is 9.84 Å². The van der Waals surface area contributed by atoms with Crippen LogP contribution in [0.5, 0.6) is 5.75 Å². The predicted octanol–water partition coefficient (Wildman–Crippen LogP) is 3.49. The van der Waals surface area contributed by atoms with Crippen LogP contribution in [0.3, 0.4) is 0 Å². The van der Waals surface area contributed by atoms with E-state index >= 15 is 0 Å². The Balaban J connectivity index is 2.07. The molecule has 0 amide bonds. The fourth-order valence-corrected chi connectivity index (χ4v) is 4.16. The van der Waals surface area contributed by atoms with Crippen LogP contribution in [0.15, 0.2) is 22.7 Å². The average Bonchev–Trinajstić information content (AvgIpc) is 2.32. The van der Waals surface area contributed by atoms with Crippen LogP contribution in [0.25, 0.3) is 0 Å². The standard InChI is InChI=1S/C14H19BrO3S/c1-10-8-11(15)6-7-14(10)18-12-4-3-5-13(9-12)19(2,16)17/h6-8,12-13H,3-5,9H2,1-2H3. The summed E-state index contributed by atoms with van der Waals surface area (Å²) in [6, 6.07) is 5.88. The van der Waals surface area contributed by atoms with Crippen LogP contribution in [0, 0.1) is 6.92 Å². The molecule has 0 saturated heterocycles.